The summed E-state index contributed by atoms with van der Waals surface area (Å²) in [5.74, 6) is 0.103. The lowest BCUT2D eigenvalue weighted by atomic mass is 9.76. The maximum Gasteiger partial charge on any atom is 0.416 e. The van der Waals surface area contributed by atoms with Gasteiger partial charge in [-0.25, -0.2) is 4.79 Å². The summed E-state index contributed by atoms with van der Waals surface area (Å²) in [7, 11) is -1.85. The summed E-state index contributed by atoms with van der Waals surface area (Å²) in [5.41, 5.74) is 4.32. The summed E-state index contributed by atoms with van der Waals surface area (Å²) in [4.78, 5) is 15.1. The predicted octanol–water partition coefficient (Wildman–Crippen LogP) is 6.48. The Morgan fingerprint density at radius 3 is 2.03 bits per heavy atom. The number of hydrogen-bond donors (Lipinski definition) is 1. The van der Waals surface area contributed by atoms with Crippen molar-refractivity contribution < 1.29 is 14.6 Å². The van der Waals surface area contributed by atoms with Gasteiger partial charge in [0.2, 0.25) is 0 Å². The third-order valence-corrected chi connectivity index (χ3v) is 8.37. The van der Waals surface area contributed by atoms with E-state index in [1.54, 1.807) is 11.1 Å². The van der Waals surface area contributed by atoms with E-state index in [1.807, 2.05) is 60.7 Å². The molecule has 0 spiro atoms. The summed E-state index contributed by atoms with van der Waals surface area (Å²) in [6, 6.07) is 19.7. The van der Waals surface area contributed by atoms with Crippen molar-refractivity contribution in [2.75, 3.05) is 0 Å². The van der Waals surface area contributed by atoms with Crippen molar-refractivity contribution >= 4 is 14.2 Å². The quantitative estimate of drug-likeness (QED) is 0.360. The van der Waals surface area contributed by atoms with Crippen molar-refractivity contribution in [1.82, 2.24) is 4.90 Å². The minimum absolute atomic E-state index is 0.103. The Balaban J connectivity index is 2.21. The summed E-state index contributed by atoms with van der Waals surface area (Å²) in [5, 5.41) is 11.7. The highest BCUT2D eigenvalue weighted by Gasteiger charge is 2.57. The maximum absolute atomic E-state index is 13.4. The predicted molar refractivity (Wildman–Crippen MR) is 136 cm³/mol. The van der Waals surface area contributed by atoms with E-state index < -0.39 is 25.9 Å². The lowest BCUT2D eigenvalue weighted by Gasteiger charge is -2.37. The SMILES string of the molecule is CCC[C@@H](O)C(=C=CN1C(=O)OC(c2ccccc2)(c2ccccc2)[C@@H]1C(C)C)[Si](C)(C)C. The molecule has 1 aliphatic rings. The van der Waals surface area contributed by atoms with Crippen LogP contribution in [0, 0.1) is 5.92 Å². The van der Waals surface area contributed by atoms with Crippen LogP contribution in [0.15, 0.2) is 77.8 Å². The minimum atomic E-state index is -1.85. The van der Waals surface area contributed by atoms with Crippen LogP contribution in [0.2, 0.25) is 19.6 Å². The molecule has 1 N–H and O–H groups in total. The van der Waals surface area contributed by atoms with Crippen LogP contribution in [0.25, 0.3) is 0 Å². The highest BCUT2D eigenvalue weighted by molar-refractivity contribution is 6.83. The molecule has 5 heteroatoms. The molecule has 0 aliphatic carbocycles. The van der Waals surface area contributed by atoms with Crippen LogP contribution >= 0.6 is 0 Å². The molecule has 1 aliphatic heterocycles. The van der Waals surface area contributed by atoms with Gasteiger partial charge in [-0.2, -0.15) is 0 Å². The fourth-order valence-corrected chi connectivity index (χ4v) is 6.49. The second kappa shape index (κ2) is 10.1. The average molecular weight is 464 g/mol. The topological polar surface area (TPSA) is 49.8 Å². The van der Waals surface area contributed by atoms with Crippen LogP contribution in [0.3, 0.4) is 0 Å². The van der Waals surface area contributed by atoms with Crippen LogP contribution in [-0.4, -0.2) is 36.3 Å². The summed E-state index contributed by atoms with van der Waals surface area (Å²) >= 11 is 0. The Bertz CT molecular complexity index is 965. The monoisotopic (exact) mass is 463 g/mol. The lowest BCUT2D eigenvalue weighted by Crippen LogP contribution is -2.46. The normalized spacial score (nSPS) is 18.6. The van der Waals surface area contributed by atoms with Gasteiger partial charge < -0.3 is 9.84 Å². The molecular formula is C28H37NO3Si. The first-order valence-corrected chi connectivity index (χ1v) is 15.4. The van der Waals surface area contributed by atoms with Crippen molar-refractivity contribution in [2.45, 2.75) is 71.0 Å². The van der Waals surface area contributed by atoms with Crippen LogP contribution in [0.4, 0.5) is 4.79 Å². The number of aliphatic hydroxyl groups is 1. The molecule has 1 fully saturated rings. The minimum Gasteiger partial charge on any atom is -0.430 e. The molecule has 176 valence electrons. The first kappa shape index (κ1) is 25.0. The molecule has 0 saturated carbocycles. The van der Waals surface area contributed by atoms with E-state index in [0.29, 0.717) is 6.42 Å². The van der Waals surface area contributed by atoms with Crippen LogP contribution in [0.5, 0.6) is 0 Å². The van der Waals surface area contributed by atoms with Gasteiger partial charge in [0.15, 0.2) is 5.60 Å². The Hall–Kier alpha value is -2.59. The number of carbonyl (C=O) groups is 1. The maximum atomic E-state index is 13.4. The summed E-state index contributed by atoms with van der Waals surface area (Å²) in [6.07, 6.45) is 2.38. The van der Waals surface area contributed by atoms with Gasteiger partial charge in [-0.1, -0.05) is 107 Å². The number of benzene rings is 2. The third-order valence-electron chi connectivity index (χ3n) is 6.27. The molecule has 0 bridgehead atoms. The highest BCUT2D eigenvalue weighted by Crippen LogP contribution is 2.47. The number of hydrogen-bond acceptors (Lipinski definition) is 3. The van der Waals surface area contributed by atoms with E-state index >= 15 is 0 Å². The number of rotatable bonds is 8. The van der Waals surface area contributed by atoms with E-state index in [0.717, 1.165) is 22.7 Å². The standard InChI is InChI=1S/C28H37NO3Si/c1-7-14-24(30)25(33(4,5)6)19-20-29-26(21(2)3)28(32-27(29)31,22-15-10-8-11-16-22)23-17-12-9-13-18-23/h8-13,15-18,20-21,24,26,30H,7,14H2,1-6H3/t19?,24-,26+/m1/s1. The highest BCUT2D eigenvalue weighted by atomic mass is 28.3. The van der Waals surface area contributed by atoms with Gasteiger partial charge in [0.05, 0.1) is 26.4 Å². The summed E-state index contributed by atoms with van der Waals surface area (Å²) < 4.78 is 6.29. The smallest absolute Gasteiger partial charge is 0.416 e. The zero-order valence-corrected chi connectivity index (χ0v) is 21.7. The van der Waals surface area contributed by atoms with E-state index in [2.05, 4.69) is 46.1 Å². The zero-order chi connectivity index (χ0) is 24.2. The van der Waals surface area contributed by atoms with Gasteiger partial charge >= 0.3 is 6.09 Å². The Morgan fingerprint density at radius 1 is 1.09 bits per heavy atom. The van der Waals surface area contributed by atoms with Crippen LogP contribution < -0.4 is 0 Å². The lowest BCUT2D eigenvalue weighted by molar-refractivity contribution is 0.0562. The molecule has 1 saturated heterocycles. The van der Waals surface area contributed by atoms with Crippen molar-refractivity contribution in [1.29, 1.82) is 0 Å². The second-order valence-electron chi connectivity index (χ2n) is 10.2. The average Bonchev–Trinajstić information content (AvgIpc) is 3.08. The first-order chi connectivity index (χ1) is 15.6. The summed E-state index contributed by atoms with van der Waals surface area (Å²) in [6.45, 7) is 12.9. The Kier molecular flexibility index (Phi) is 7.68. The third kappa shape index (κ3) is 5.01. The molecule has 1 amide bonds. The molecule has 0 radical (unpaired) electrons. The van der Waals surface area contributed by atoms with E-state index in [4.69, 9.17) is 4.74 Å². The van der Waals surface area contributed by atoms with Crippen molar-refractivity contribution in [3.8, 4) is 0 Å². The second-order valence-corrected chi connectivity index (χ2v) is 15.2. The van der Waals surface area contributed by atoms with Gasteiger partial charge in [0, 0.05) is 11.1 Å². The van der Waals surface area contributed by atoms with Crippen molar-refractivity contribution in [2.24, 2.45) is 5.92 Å². The van der Waals surface area contributed by atoms with Gasteiger partial charge in [-0.15, -0.1) is 5.73 Å². The molecule has 2 aromatic rings. The first-order valence-electron chi connectivity index (χ1n) is 11.9. The van der Waals surface area contributed by atoms with E-state index in [-0.39, 0.29) is 12.0 Å². The Labute approximate surface area is 199 Å². The number of nitrogens with zero attached hydrogens (tertiary/aromatic N) is 1. The largest absolute Gasteiger partial charge is 0.430 e. The van der Waals surface area contributed by atoms with E-state index in [9.17, 15) is 9.90 Å². The zero-order valence-electron chi connectivity index (χ0n) is 20.7. The van der Waals surface area contributed by atoms with Gasteiger partial charge in [-0.05, 0) is 17.5 Å². The number of ether oxygens (including phenoxy) is 1. The molecule has 1 heterocycles. The molecule has 4 nitrogen and oxygen atoms in total. The van der Waals surface area contributed by atoms with Crippen LogP contribution in [0.1, 0.15) is 44.7 Å². The van der Waals surface area contributed by atoms with Crippen LogP contribution in [-0.2, 0) is 10.3 Å². The number of cyclic esters (lactones) is 1. The molecule has 0 unspecified atom stereocenters. The fourth-order valence-electron chi connectivity index (χ4n) is 4.85. The number of amides is 1. The van der Waals surface area contributed by atoms with Gasteiger partial charge in [0.25, 0.3) is 0 Å². The van der Waals surface area contributed by atoms with E-state index in [1.165, 1.54) is 0 Å². The van der Waals surface area contributed by atoms with Crippen molar-refractivity contribution in [3.63, 3.8) is 0 Å². The van der Waals surface area contributed by atoms with Gasteiger partial charge in [-0.3, -0.25) is 4.90 Å². The molecule has 2 aromatic carbocycles. The number of aliphatic hydroxyl groups excluding tert-OH is 1. The van der Waals surface area contributed by atoms with Crippen molar-refractivity contribution in [3.05, 3.63) is 88.9 Å². The Morgan fingerprint density at radius 2 is 1.61 bits per heavy atom. The molecular weight excluding hydrogens is 426 g/mol. The number of carbonyl (C=O) groups excluding carboxylic acids is 1. The van der Waals surface area contributed by atoms with Gasteiger partial charge in [0.1, 0.15) is 0 Å². The molecule has 2 atom stereocenters. The molecule has 33 heavy (non-hydrogen) atoms. The molecule has 3 rings (SSSR count). The molecule has 0 aromatic heterocycles. The fraction of sp³-hybridized carbons (Fsp3) is 0.429.